The fourth-order valence-electron chi connectivity index (χ4n) is 2.04. The molecule has 1 atom stereocenters. The Labute approximate surface area is 141 Å². The number of hydrogen-bond acceptors (Lipinski definition) is 7. The van der Waals surface area contributed by atoms with E-state index >= 15 is 0 Å². The van der Waals surface area contributed by atoms with Gasteiger partial charge in [-0.05, 0) is 24.4 Å². The molecule has 6 nitrogen and oxygen atoms in total. The topological polar surface area (TPSA) is 76.2 Å². The van der Waals surface area contributed by atoms with Gasteiger partial charge < -0.3 is 14.8 Å². The van der Waals surface area contributed by atoms with Gasteiger partial charge in [0.2, 0.25) is 11.4 Å². The van der Waals surface area contributed by atoms with Crippen molar-refractivity contribution in [2.45, 2.75) is 6.29 Å². The van der Waals surface area contributed by atoms with Crippen LogP contribution in [-0.2, 0) is 4.74 Å². The number of fused-ring (bicyclic) bond motifs is 1. The van der Waals surface area contributed by atoms with Crippen LogP contribution in [0.2, 0.25) is 0 Å². The fourth-order valence-corrected chi connectivity index (χ4v) is 2.80. The highest BCUT2D eigenvalue weighted by Crippen LogP contribution is 2.31. The number of anilines is 1. The number of Topliss-reactive ketones (excluding diaryl/α,β-unsaturated/α-hetero) is 1. The van der Waals surface area contributed by atoms with Gasteiger partial charge >= 0.3 is 0 Å². The molecule has 0 saturated carbocycles. The van der Waals surface area contributed by atoms with Crippen LogP contribution in [0.1, 0.15) is 10.4 Å². The van der Waals surface area contributed by atoms with Gasteiger partial charge in [-0.2, -0.15) is 0 Å². The Morgan fingerprint density at radius 1 is 1.52 bits per heavy atom. The molecule has 2 aromatic rings. The second-order valence-corrected chi connectivity index (χ2v) is 6.23. The molecule has 118 valence electrons. The zero-order chi connectivity index (χ0) is 16.2. The number of aromatic amines is 1. The lowest BCUT2D eigenvalue weighted by molar-refractivity contribution is -0.0444. The number of benzene rings is 1. The van der Waals surface area contributed by atoms with Gasteiger partial charge in [0.05, 0.1) is 17.7 Å². The minimum atomic E-state index is -0.810. The van der Waals surface area contributed by atoms with Crippen LogP contribution >= 0.6 is 23.6 Å². The monoisotopic (exact) mass is 347 g/mol. The molecule has 0 spiro atoms. The zero-order valence-corrected chi connectivity index (χ0v) is 13.6. The van der Waals surface area contributed by atoms with Gasteiger partial charge in [-0.15, -0.1) is 11.7 Å². The Morgan fingerprint density at radius 2 is 2.35 bits per heavy atom. The largest absolute Gasteiger partial charge is 0.460 e. The molecule has 23 heavy (non-hydrogen) atoms. The third kappa shape index (κ3) is 3.39. The maximum absolute atomic E-state index is 12.7. The van der Waals surface area contributed by atoms with E-state index in [1.165, 1.54) is 17.5 Å². The third-order valence-corrected chi connectivity index (χ3v) is 4.06. The quantitative estimate of drug-likeness (QED) is 0.491. The van der Waals surface area contributed by atoms with Crippen LogP contribution in [0.5, 0.6) is 5.75 Å². The van der Waals surface area contributed by atoms with Crippen LogP contribution in [0.15, 0.2) is 48.7 Å². The van der Waals surface area contributed by atoms with Crippen molar-refractivity contribution in [1.29, 1.82) is 0 Å². The first-order chi connectivity index (χ1) is 11.2. The van der Waals surface area contributed by atoms with Gasteiger partial charge in [0.15, 0.2) is 9.74 Å². The summed E-state index contributed by atoms with van der Waals surface area (Å²) in [5.74, 6) is 0.340. The Hall–Kier alpha value is -2.29. The second-order valence-electron chi connectivity index (χ2n) is 4.56. The van der Waals surface area contributed by atoms with Gasteiger partial charge in [-0.3, -0.25) is 9.89 Å². The molecule has 3 rings (SSSR count). The van der Waals surface area contributed by atoms with Gasteiger partial charge in [-0.1, -0.05) is 29.5 Å². The number of carbonyl (C=O) groups excluding carboxylic acids is 1. The minimum absolute atomic E-state index is 0.160. The molecular weight excluding hydrogens is 334 g/mol. The van der Waals surface area contributed by atoms with Crippen LogP contribution < -0.4 is 10.1 Å². The average Bonchev–Trinajstić information content (AvgIpc) is 2.97. The second kappa shape index (κ2) is 6.86. The van der Waals surface area contributed by atoms with Crippen molar-refractivity contribution < 1.29 is 14.3 Å². The van der Waals surface area contributed by atoms with E-state index < -0.39 is 6.29 Å². The maximum atomic E-state index is 12.7. The average molecular weight is 347 g/mol. The molecule has 0 bridgehead atoms. The van der Waals surface area contributed by atoms with Crippen LogP contribution in [0.25, 0.3) is 0 Å². The zero-order valence-electron chi connectivity index (χ0n) is 11.9. The highest BCUT2D eigenvalue weighted by atomic mass is 32.1. The molecule has 0 saturated heterocycles. The molecule has 0 radical (unpaired) electrons. The number of ether oxygens (including phenoxy) is 2. The number of carbonyl (C=O) groups is 1. The first kappa shape index (κ1) is 15.6. The predicted octanol–water partition coefficient (Wildman–Crippen LogP) is 3.30. The Kier molecular flexibility index (Phi) is 4.65. The van der Waals surface area contributed by atoms with Crippen LogP contribution in [0.3, 0.4) is 0 Å². The Bertz CT molecular complexity index is 825. The van der Waals surface area contributed by atoms with E-state index in [0.29, 0.717) is 26.0 Å². The Balaban J connectivity index is 1.91. The molecule has 1 aromatic carbocycles. The smallest absolute Gasteiger partial charge is 0.232 e. The predicted molar refractivity (Wildman–Crippen MR) is 90.3 cm³/mol. The summed E-state index contributed by atoms with van der Waals surface area (Å²) in [6, 6.07) is 7.05. The summed E-state index contributed by atoms with van der Waals surface area (Å²) >= 11 is 6.24. The lowest BCUT2D eigenvalue weighted by atomic mass is 10.00. The lowest BCUT2D eigenvalue weighted by Crippen LogP contribution is -2.33. The molecule has 2 heterocycles. The summed E-state index contributed by atoms with van der Waals surface area (Å²) in [4.78, 5) is 12.7. The number of aromatic nitrogens is 2. The van der Waals surface area contributed by atoms with Crippen molar-refractivity contribution in [3.63, 3.8) is 0 Å². The number of rotatable bonds is 5. The van der Waals surface area contributed by atoms with Gasteiger partial charge in [0.1, 0.15) is 5.75 Å². The number of nitrogens with one attached hydrogen (secondary N) is 2. The van der Waals surface area contributed by atoms with Gasteiger partial charge in [-0.25, -0.2) is 0 Å². The molecule has 1 unspecified atom stereocenters. The Morgan fingerprint density at radius 3 is 3.09 bits per heavy atom. The highest BCUT2D eigenvalue weighted by Gasteiger charge is 2.32. The van der Waals surface area contributed by atoms with Crippen LogP contribution in [-0.4, -0.2) is 28.9 Å². The van der Waals surface area contributed by atoms with Crippen molar-refractivity contribution >= 4 is 34.5 Å². The normalized spacial score (nSPS) is 18.3. The van der Waals surface area contributed by atoms with Crippen molar-refractivity contribution in [2.75, 3.05) is 11.9 Å². The number of ketones is 1. The molecule has 8 heteroatoms. The molecule has 1 aliphatic heterocycles. The summed E-state index contributed by atoms with van der Waals surface area (Å²) in [5.41, 5.74) is 0.848. The summed E-state index contributed by atoms with van der Waals surface area (Å²) in [5, 5.41) is 10.1. The van der Waals surface area contributed by atoms with Gasteiger partial charge in [0, 0.05) is 6.20 Å². The molecule has 0 fully saturated rings. The van der Waals surface area contributed by atoms with Gasteiger partial charge in [0.25, 0.3) is 0 Å². The summed E-state index contributed by atoms with van der Waals surface area (Å²) in [7, 11) is 0. The fraction of sp³-hybridized carbons (Fsp3) is 0.133. The maximum Gasteiger partial charge on any atom is 0.232 e. The molecule has 0 aliphatic carbocycles. The molecule has 1 aromatic heterocycles. The SMILES string of the molecule is C=CCOC1Oc2ccccc2C(=O)/C1=C/Nc1n[nH]c(=S)s1. The molecule has 2 N–H and O–H groups in total. The van der Waals surface area contributed by atoms with E-state index in [-0.39, 0.29) is 12.4 Å². The van der Waals surface area contributed by atoms with E-state index in [0.717, 1.165) is 0 Å². The summed E-state index contributed by atoms with van der Waals surface area (Å²) < 4.78 is 11.9. The molecular formula is C15H13N3O3S2. The standard InChI is InChI=1S/C15H13N3O3S2/c1-2-7-20-13-10(8-16-14-17-18-15(22)23-14)12(19)9-5-3-4-6-11(9)21-13/h2-6,8,13H,1,7H2,(H,16,17)(H,18,22)/b10-8-. The van der Waals surface area contributed by atoms with E-state index in [2.05, 4.69) is 22.1 Å². The van der Waals surface area contributed by atoms with E-state index in [1.807, 2.05) is 0 Å². The first-order valence-electron chi connectivity index (χ1n) is 6.74. The lowest BCUT2D eigenvalue weighted by Gasteiger charge is -2.27. The number of nitrogens with zero attached hydrogens (tertiary/aromatic N) is 1. The highest BCUT2D eigenvalue weighted by molar-refractivity contribution is 7.73. The minimum Gasteiger partial charge on any atom is -0.460 e. The molecule has 1 aliphatic rings. The number of H-pyrrole nitrogens is 1. The van der Waals surface area contributed by atoms with E-state index in [4.69, 9.17) is 21.7 Å². The van der Waals surface area contributed by atoms with Crippen molar-refractivity contribution in [1.82, 2.24) is 10.2 Å². The summed E-state index contributed by atoms with van der Waals surface area (Å²) in [6.45, 7) is 3.87. The molecule has 0 amide bonds. The van der Waals surface area contributed by atoms with Crippen molar-refractivity contribution in [2.24, 2.45) is 0 Å². The third-order valence-electron chi connectivity index (χ3n) is 3.04. The van der Waals surface area contributed by atoms with Crippen LogP contribution in [0.4, 0.5) is 5.13 Å². The van der Waals surface area contributed by atoms with E-state index in [9.17, 15) is 4.79 Å². The van der Waals surface area contributed by atoms with Crippen molar-refractivity contribution in [3.05, 3.63) is 58.2 Å². The first-order valence-corrected chi connectivity index (χ1v) is 7.96. The summed E-state index contributed by atoms with van der Waals surface area (Å²) in [6.07, 6.45) is 2.32. The number of para-hydroxylation sites is 1. The van der Waals surface area contributed by atoms with E-state index in [1.54, 1.807) is 30.3 Å². The van der Waals surface area contributed by atoms with Crippen molar-refractivity contribution in [3.8, 4) is 5.75 Å². The number of hydrogen-bond donors (Lipinski definition) is 2. The van der Waals surface area contributed by atoms with Crippen LogP contribution in [0, 0.1) is 3.95 Å².